The van der Waals surface area contributed by atoms with Crippen molar-refractivity contribution in [3.05, 3.63) is 17.2 Å². The molecule has 0 fully saturated rings. The third kappa shape index (κ3) is 1.92. The van der Waals surface area contributed by atoms with Crippen LogP contribution in [0.25, 0.3) is 0 Å². The molecule has 0 atom stereocenters. The van der Waals surface area contributed by atoms with Gasteiger partial charge < -0.3 is 0 Å². The standard InChI is InChI=1S/C6H7ClN2O2S/c1-4-5(12(2,10)11)3-8-6(7)9-4/h3H,1-2H3. The number of sulfone groups is 1. The average Bonchev–Trinajstić information content (AvgIpc) is 1.83. The van der Waals surface area contributed by atoms with Gasteiger partial charge >= 0.3 is 0 Å². The van der Waals surface area contributed by atoms with Crippen LogP contribution in [-0.4, -0.2) is 24.6 Å². The molecule has 1 aromatic heterocycles. The molecule has 4 nitrogen and oxygen atoms in total. The van der Waals surface area contributed by atoms with Gasteiger partial charge in [0, 0.05) is 6.26 Å². The Morgan fingerprint density at radius 2 is 2.08 bits per heavy atom. The normalized spacial score (nSPS) is 11.6. The second kappa shape index (κ2) is 2.99. The lowest BCUT2D eigenvalue weighted by atomic mass is 10.5. The SMILES string of the molecule is Cc1nc(Cl)ncc1S(C)(=O)=O. The van der Waals surface area contributed by atoms with Crippen molar-refractivity contribution < 1.29 is 8.42 Å². The van der Waals surface area contributed by atoms with Crippen LogP contribution in [-0.2, 0) is 9.84 Å². The third-order valence-corrected chi connectivity index (χ3v) is 2.69. The first-order valence-electron chi connectivity index (χ1n) is 3.10. The van der Waals surface area contributed by atoms with Crippen LogP contribution >= 0.6 is 11.6 Å². The zero-order chi connectivity index (χ0) is 9.35. The van der Waals surface area contributed by atoms with Crippen LogP contribution in [0.15, 0.2) is 11.1 Å². The Morgan fingerprint density at radius 3 is 2.50 bits per heavy atom. The molecule has 66 valence electrons. The van der Waals surface area contributed by atoms with E-state index in [0.717, 1.165) is 6.26 Å². The minimum atomic E-state index is -3.23. The summed E-state index contributed by atoms with van der Waals surface area (Å²) in [5.41, 5.74) is 0.373. The van der Waals surface area contributed by atoms with Crippen molar-refractivity contribution in [2.45, 2.75) is 11.8 Å². The fourth-order valence-corrected chi connectivity index (χ4v) is 1.79. The van der Waals surface area contributed by atoms with Crippen molar-refractivity contribution in [2.24, 2.45) is 0 Å². The third-order valence-electron chi connectivity index (χ3n) is 1.30. The van der Waals surface area contributed by atoms with Gasteiger partial charge in [0.2, 0.25) is 5.28 Å². The van der Waals surface area contributed by atoms with E-state index in [1.165, 1.54) is 6.20 Å². The lowest BCUT2D eigenvalue weighted by Gasteiger charge is -2.00. The summed E-state index contributed by atoms with van der Waals surface area (Å²) >= 11 is 5.45. The summed E-state index contributed by atoms with van der Waals surface area (Å²) in [6.07, 6.45) is 2.31. The summed E-state index contributed by atoms with van der Waals surface area (Å²) in [5, 5.41) is 0.0555. The van der Waals surface area contributed by atoms with E-state index in [-0.39, 0.29) is 10.2 Å². The quantitative estimate of drug-likeness (QED) is 0.639. The lowest BCUT2D eigenvalue weighted by molar-refractivity contribution is 0.600. The smallest absolute Gasteiger partial charge is 0.222 e. The van der Waals surface area contributed by atoms with E-state index >= 15 is 0 Å². The topological polar surface area (TPSA) is 59.9 Å². The maximum atomic E-state index is 11.0. The summed E-state index contributed by atoms with van der Waals surface area (Å²) in [5.74, 6) is 0. The Balaban J connectivity index is 3.39. The van der Waals surface area contributed by atoms with E-state index in [1.807, 2.05) is 0 Å². The summed E-state index contributed by atoms with van der Waals surface area (Å²) in [6, 6.07) is 0. The first-order valence-corrected chi connectivity index (χ1v) is 5.37. The molecule has 0 amide bonds. The molecular weight excluding hydrogens is 200 g/mol. The van der Waals surface area contributed by atoms with Gasteiger partial charge in [-0.2, -0.15) is 0 Å². The Labute approximate surface area is 75.5 Å². The van der Waals surface area contributed by atoms with Crippen LogP contribution in [0.3, 0.4) is 0 Å². The summed E-state index contributed by atoms with van der Waals surface area (Å²) in [4.78, 5) is 7.41. The zero-order valence-corrected chi connectivity index (χ0v) is 8.15. The molecule has 0 saturated heterocycles. The molecule has 0 aliphatic rings. The minimum Gasteiger partial charge on any atom is -0.225 e. The van der Waals surface area contributed by atoms with Gasteiger partial charge in [-0.3, -0.25) is 0 Å². The summed E-state index contributed by atoms with van der Waals surface area (Å²) < 4.78 is 22.1. The number of rotatable bonds is 1. The first-order chi connectivity index (χ1) is 5.41. The summed E-state index contributed by atoms with van der Waals surface area (Å²) in [6.45, 7) is 1.57. The second-order valence-corrected chi connectivity index (χ2v) is 4.68. The second-order valence-electron chi connectivity index (χ2n) is 2.36. The molecule has 0 N–H and O–H groups in total. The molecule has 0 aliphatic carbocycles. The Bertz CT molecular complexity index is 402. The van der Waals surface area contributed by atoms with Crippen LogP contribution in [0.2, 0.25) is 5.28 Å². The van der Waals surface area contributed by atoms with Gasteiger partial charge in [-0.15, -0.1) is 0 Å². The number of halogens is 1. The predicted molar refractivity (Wildman–Crippen MR) is 44.9 cm³/mol. The molecule has 0 saturated carbocycles. The minimum absolute atomic E-state index is 0.0555. The molecule has 1 rings (SSSR count). The largest absolute Gasteiger partial charge is 0.225 e. The maximum Gasteiger partial charge on any atom is 0.222 e. The van der Waals surface area contributed by atoms with Crippen molar-refractivity contribution in [3.8, 4) is 0 Å². The Morgan fingerprint density at radius 1 is 1.50 bits per heavy atom. The highest BCUT2D eigenvalue weighted by molar-refractivity contribution is 7.90. The number of aromatic nitrogens is 2. The van der Waals surface area contributed by atoms with Crippen LogP contribution in [0, 0.1) is 6.92 Å². The van der Waals surface area contributed by atoms with E-state index in [4.69, 9.17) is 11.6 Å². The van der Waals surface area contributed by atoms with Gasteiger partial charge in [-0.1, -0.05) is 0 Å². The molecule has 0 spiro atoms. The fourth-order valence-electron chi connectivity index (χ4n) is 0.792. The fraction of sp³-hybridized carbons (Fsp3) is 0.333. The highest BCUT2D eigenvalue weighted by Crippen LogP contribution is 2.12. The van der Waals surface area contributed by atoms with Gasteiger partial charge in [-0.25, -0.2) is 18.4 Å². The van der Waals surface area contributed by atoms with Crippen molar-refractivity contribution in [2.75, 3.05) is 6.26 Å². The van der Waals surface area contributed by atoms with Gasteiger partial charge in [0.25, 0.3) is 0 Å². The summed E-state index contributed by atoms with van der Waals surface area (Å²) in [7, 11) is -3.23. The predicted octanol–water partition coefficient (Wildman–Crippen LogP) is 0.842. The number of hydrogen-bond donors (Lipinski definition) is 0. The lowest BCUT2D eigenvalue weighted by Crippen LogP contribution is -2.02. The van der Waals surface area contributed by atoms with Crippen molar-refractivity contribution in [3.63, 3.8) is 0 Å². The molecule has 1 heterocycles. The van der Waals surface area contributed by atoms with E-state index < -0.39 is 9.84 Å². The van der Waals surface area contributed by atoms with E-state index in [0.29, 0.717) is 5.69 Å². The van der Waals surface area contributed by atoms with Crippen molar-refractivity contribution in [1.82, 2.24) is 9.97 Å². The molecule has 12 heavy (non-hydrogen) atoms. The van der Waals surface area contributed by atoms with E-state index in [2.05, 4.69) is 9.97 Å². The highest BCUT2D eigenvalue weighted by Gasteiger charge is 2.12. The number of nitrogens with zero attached hydrogens (tertiary/aromatic N) is 2. The molecule has 0 aromatic carbocycles. The molecule has 0 unspecified atom stereocenters. The van der Waals surface area contributed by atoms with Gasteiger partial charge in [-0.05, 0) is 18.5 Å². The van der Waals surface area contributed by atoms with Crippen molar-refractivity contribution in [1.29, 1.82) is 0 Å². The van der Waals surface area contributed by atoms with E-state index in [9.17, 15) is 8.42 Å². The first kappa shape index (κ1) is 9.41. The van der Waals surface area contributed by atoms with Crippen LogP contribution in [0.5, 0.6) is 0 Å². The molecule has 0 aliphatic heterocycles. The van der Waals surface area contributed by atoms with Gasteiger partial charge in [0.1, 0.15) is 4.90 Å². The number of aryl methyl sites for hydroxylation is 1. The zero-order valence-electron chi connectivity index (χ0n) is 6.57. The molecule has 1 aromatic rings. The van der Waals surface area contributed by atoms with Gasteiger partial charge in [0.15, 0.2) is 9.84 Å². The van der Waals surface area contributed by atoms with E-state index in [1.54, 1.807) is 6.92 Å². The van der Waals surface area contributed by atoms with Crippen LogP contribution < -0.4 is 0 Å². The molecular formula is C6H7ClN2O2S. The van der Waals surface area contributed by atoms with Gasteiger partial charge in [0.05, 0.1) is 11.9 Å². The number of hydrogen-bond acceptors (Lipinski definition) is 4. The average molecular weight is 207 g/mol. The molecule has 0 radical (unpaired) electrons. The Kier molecular flexibility index (Phi) is 2.34. The highest BCUT2D eigenvalue weighted by atomic mass is 35.5. The van der Waals surface area contributed by atoms with Crippen LogP contribution in [0.1, 0.15) is 5.69 Å². The molecule has 0 bridgehead atoms. The monoisotopic (exact) mass is 206 g/mol. The van der Waals surface area contributed by atoms with Crippen molar-refractivity contribution >= 4 is 21.4 Å². The Hall–Kier alpha value is -0.680. The maximum absolute atomic E-state index is 11.0. The van der Waals surface area contributed by atoms with Crippen LogP contribution in [0.4, 0.5) is 0 Å². The molecule has 6 heteroatoms.